The minimum Gasteiger partial charge on any atom is -0.381 e. The zero-order valence-electron chi connectivity index (χ0n) is 9.22. The van der Waals surface area contributed by atoms with Gasteiger partial charge in [-0.1, -0.05) is 45.1 Å². The Morgan fingerprint density at radius 3 is 2.46 bits per heavy atom. The van der Waals surface area contributed by atoms with Crippen LogP contribution >= 0.6 is 0 Å². The molecule has 0 amide bonds. The first-order valence-electron chi connectivity index (χ1n) is 5.48. The molecule has 1 heteroatoms. The molecule has 0 aliphatic carbocycles. The fraction of sp³-hybridized carbons (Fsp3) is 0.833. The summed E-state index contributed by atoms with van der Waals surface area (Å²) in [5.41, 5.74) is 0. The van der Waals surface area contributed by atoms with Crippen molar-refractivity contribution in [2.45, 2.75) is 58.0 Å². The van der Waals surface area contributed by atoms with Gasteiger partial charge in [0.05, 0.1) is 6.10 Å². The van der Waals surface area contributed by atoms with E-state index in [0.29, 0.717) is 6.10 Å². The largest absolute Gasteiger partial charge is 0.381 e. The molecule has 0 aromatic carbocycles. The second-order valence-electron chi connectivity index (χ2n) is 3.58. The maximum absolute atomic E-state index is 5.33. The third kappa shape index (κ3) is 8.04. The molecule has 0 saturated heterocycles. The van der Waals surface area contributed by atoms with Crippen molar-refractivity contribution >= 4 is 0 Å². The lowest BCUT2D eigenvalue weighted by Gasteiger charge is -2.12. The lowest BCUT2D eigenvalue weighted by molar-refractivity contribution is 0.0953. The second-order valence-corrected chi connectivity index (χ2v) is 3.58. The SMILES string of the molecule is C=CCC(CCCCCCC)OC. The van der Waals surface area contributed by atoms with E-state index in [1.54, 1.807) is 7.11 Å². The van der Waals surface area contributed by atoms with Crippen molar-refractivity contribution in [2.24, 2.45) is 0 Å². The zero-order chi connectivity index (χ0) is 9.94. The molecule has 0 aromatic heterocycles. The molecule has 0 bridgehead atoms. The summed E-state index contributed by atoms with van der Waals surface area (Å²) in [5, 5.41) is 0. The van der Waals surface area contributed by atoms with Gasteiger partial charge in [0.2, 0.25) is 0 Å². The Balaban J connectivity index is 3.22. The Morgan fingerprint density at radius 2 is 1.92 bits per heavy atom. The summed E-state index contributed by atoms with van der Waals surface area (Å²) < 4.78 is 5.33. The number of hydrogen-bond acceptors (Lipinski definition) is 1. The Kier molecular flexibility index (Phi) is 9.56. The van der Waals surface area contributed by atoms with E-state index in [2.05, 4.69) is 13.5 Å². The molecular weight excluding hydrogens is 160 g/mol. The molecule has 0 saturated carbocycles. The maximum atomic E-state index is 5.33. The lowest BCUT2D eigenvalue weighted by atomic mass is 10.1. The standard InChI is InChI=1S/C12H24O/c1-4-6-7-8-9-11-12(13-3)10-5-2/h5,12H,2,4,6-11H2,1,3H3. The molecule has 0 aliphatic heterocycles. The summed E-state index contributed by atoms with van der Waals surface area (Å²) >= 11 is 0. The highest BCUT2D eigenvalue weighted by molar-refractivity contribution is 4.73. The lowest BCUT2D eigenvalue weighted by Crippen LogP contribution is -2.08. The average molecular weight is 184 g/mol. The number of rotatable bonds is 9. The van der Waals surface area contributed by atoms with Crippen LogP contribution in [0.3, 0.4) is 0 Å². The predicted molar refractivity (Wildman–Crippen MR) is 59.0 cm³/mol. The average Bonchev–Trinajstić information content (AvgIpc) is 2.16. The van der Waals surface area contributed by atoms with Gasteiger partial charge in [0.15, 0.2) is 0 Å². The van der Waals surface area contributed by atoms with Crippen molar-refractivity contribution in [3.05, 3.63) is 12.7 Å². The Bertz CT molecular complexity index is 110. The van der Waals surface area contributed by atoms with Gasteiger partial charge < -0.3 is 4.74 Å². The van der Waals surface area contributed by atoms with Crippen molar-refractivity contribution in [3.8, 4) is 0 Å². The van der Waals surface area contributed by atoms with E-state index in [4.69, 9.17) is 4.74 Å². The van der Waals surface area contributed by atoms with Gasteiger partial charge in [-0.3, -0.25) is 0 Å². The van der Waals surface area contributed by atoms with Crippen LogP contribution in [0.4, 0.5) is 0 Å². The van der Waals surface area contributed by atoms with Gasteiger partial charge in [0, 0.05) is 7.11 Å². The minimum absolute atomic E-state index is 0.402. The molecule has 0 aliphatic rings. The maximum Gasteiger partial charge on any atom is 0.0605 e. The van der Waals surface area contributed by atoms with Crippen LogP contribution in [-0.4, -0.2) is 13.2 Å². The van der Waals surface area contributed by atoms with Crippen LogP contribution in [0.5, 0.6) is 0 Å². The van der Waals surface area contributed by atoms with Crippen LogP contribution in [0.2, 0.25) is 0 Å². The smallest absolute Gasteiger partial charge is 0.0605 e. The van der Waals surface area contributed by atoms with E-state index < -0.39 is 0 Å². The fourth-order valence-corrected chi connectivity index (χ4v) is 1.49. The second kappa shape index (κ2) is 9.79. The van der Waals surface area contributed by atoms with Crippen LogP contribution in [0.15, 0.2) is 12.7 Å². The van der Waals surface area contributed by atoms with Crippen molar-refractivity contribution in [3.63, 3.8) is 0 Å². The van der Waals surface area contributed by atoms with Gasteiger partial charge >= 0.3 is 0 Å². The molecule has 0 spiro atoms. The third-order valence-electron chi connectivity index (χ3n) is 2.39. The molecule has 78 valence electrons. The molecule has 0 rings (SSSR count). The molecule has 13 heavy (non-hydrogen) atoms. The minimum atomic E-state index is 0.402. The van der Waals surface area contributed by atoms with E-state index in [1.165, 1.54) is 38.5 Å². The normalized spacial score (nSPS) is 12.8. The first-order valence-corrected chi connectivity index (χ1v) is 5.48. The van der Waals surface area contributed by atoms with Crippen molar-refractivity contribution in [1.82, 2.24) is 0 Å². The third-order valence-corrected chi connectivity index (χ3v) is 2.39. The Morgan fingerprint density at radius 1 is 1.23 bits per heavy atom. The highest BCUT2D eigenvalue weighted by Gasteiger charge is 2.03. The number of methoxy groups -OCH3 is 1. The summed E-state index contributed by atoms with van der Waals surface area (Å²) in [5.74, 6) is 0. The van der Waals surface area contributed by atoms with Crippen LogP contribution in [0.25, 0.3) is 0 Å². The topological polar surface area (TPSA) is 9.23 Å². The molecule has 0 aromatic rings. The van der Waals surface area contributed by atoms with Gasteiger partial charge in [-0.2, -0.15) is 0 Å². The van der Waals surface area contributed by atoms with Crippen molar-refractivity contribution in [2.75, 3.05) is 7.11 Å². The van der Waals surface area contributed by atoms with Gasteiger partial charge in [-0.25, -0.2) is 0 Å². The van der Waals surface area contributed by atoms with Gasteiger partial charge in [-0.05, 0) is 12.8 Å². The monoisotopic (exact) mass is 184 g/mol. The van der Waals surface area contributed by atoms with Gasteiger partial charge in [0.1, 0.15) is 0 Å². The number of unbranched alkanes of at least 4 members (excludes halogenated alkanes) is 4. The Hall–Kier alpha value is -0.300. The van der Waals surface area contributed by atoms with E-state index in [-0.39, 0.29) is 0 Å². The van der Waals surface area contributed by atoms with Crippen molar-refractivity contribution < 1.29 is 4.74 Å². The summed E-state index contributed by atoms with van der Waals surface area (Å²) in [6.07, 6.45) is 11.2. The van der Waals surface area contributed by atoms with Crippen molar-refractivity contribution in [1.29, 1.82) is 0 Å². The number of hydrogen-bond donors (Lipinski definition) is 0. The summed E-state index contributed by atoms with van der Waals surface area (Å²) in [6, 6.07) is 0. The molecule has 0 radical (unpaired) electrons. The predicted octanol–water partition coefficient (Wildman–Crippen LogP) is 3.94. The molecule has 0 fully saturated rings. The summed E-state index contributed by atoms with van der Waals surface area (Å²) in [4.78, 5) is 0. The molecule has 1 unspecified atom stereocenters. The zero-order valence-corrected chi connectivity index (χ0v) is 9.22. The number of ether oxygens (including phenoxy) is 1. The molecule has 0 N–H and O–H groups in total. The van der Waals surface area contributed by atoms with Crippen LogP contribution in [0.1, 0.15) is 51.9 Å². The quantitative estimate of drug-likeness (QED) is 0.389. The van der Waals surface area contributed by atoms with Gasteiger partial charge in [0.25, 0.3) is 0 Å². The van der Waals surface area contributed by atoms with Crippen LogP contribution < -0.4 is 0 Å². The molecule has 1 atom stereocenters. The van der Waals surface area contributed by atoms with E-state index in [9.17, 15) is 0 Å². The fourth-order valence-electron chi connectivity index (χ4n) is 1.49. The highest BCUT2D eigenvalue weighted by atomic mass is 16.5. The highest BCUT2D eigenvalue weighted by Crippen LogP contribution is 2.11. The van der Waals surface area contributed by atoms with Crippen LogP contribution in [-0.2, 0) is 4.74 Å². The first kappa shape index (κ1) is 12.7. The molecule has 1 nitrogen and oxygen atoms in total. The van der Waals surface area contributed by atoms with E-state index >= 15 is 0 Å². The molecular formula is C12H24O. The van der Waals surface area contributed by atoms with Gasteiger partial charge in [-0.15, -0.1) is 6.58 Å². The Labute approximate surface area is 83.2 Å². The first-order chi connectivity index (χ1) is 6.35. The van der Waals surface area contributed by atoms with E-state index in [1.807, 2.05) is 6.08 Å². The summed E-state index contributed by atoms with van der Waals surface area (Å²) in [7, 11) is 1.79. The van der Waals surface area contributed by atoms with Crippen LogP contribution in [0, 0.1) is 0 Å². The molecule has 0 heterocycles. The van der Waals surface area contributed by atoms with E-state index in [0.717, 1.165) is 6.42 Å². The summed E-state index contributed by atoms with van der Waals surface area (Å²) in [6.45, 7) is 5.97.